The highest BCUT2D eigenvalue weighted by molar-refractivity contribution is 6.03. The molecular formula is C29H33NO6. The summed E-state index contributed by atoms with van der Waals surface area (Å²) < 4.78 is 22.5. The Balaban J connectivity index is 1.67. The smallest absolute Gasteiger partial charge is 0.336 e. The molecule has 0 radical (unpaired) electrons. The summed E-state index contributed by atoms with van der Waals surface area (Å²) >= 11 is 0. The Morgan fingerprint density at radius 3 is 2.61 bits per heavy atom. The van der Waals surface area contributed by atoms with Crippen molar-refractivity contribution in [3.63, 3.8) is 0 Å². The quantitative estimate of drug-likeness (QED) is 0.377. The van der Waals surface area contributed by atoms with E-state index in [9.17, 15) is 9.59 Å². The highest BCUT2D eigenvalue weighted by Crippen LogP contribution is 2.44. The molecule has 7 nitrogen and oxygen atoms in total. The molecule has 0 aromatic heterocycles. The molecule has 1 heterocycles. The maximum absolute atomic E-state index is 13.3. The van der Waals surface area contributed by atoms with Crippen molar-refractivity contribution in [3.8, 4) is 11.5 Å². The van der Waals surface area contributed by atoms with E-state index in [0.717, 1.165) is 29.7 Å². The largest absolute Gasteiger partial charge is 0.493 e. The fraction of sp³-hybridized carbons (Fsp3) is 0.379. The monoisotopic (exact) mass is 491 g/mol. The molecule has 2 aliphatic rings. The zero-order valence-corrected chi connectivity index (χ0v) is 21.1. The second kappa shape index (κ2) is 11.9. The van der Waals surface area contributed by atoms with E-state index in [4.69, 9.17) is 18.9 Å². The summed E-state index contributed by atoms with van der Waals surface area (Å²) in [5.74, 6) is 0.159. The van der Waals surface area contributed by atoms with Crippen LogP contribution in [-0.4, -0.2) is 38.7 Å². The maximum atomic E-state index is 13.3. The number of carbonyl (C=O) groups is 2. The lowest BCUT2D eigenvalue weighted by Crippen LogP contribution is -2.34. The van der Waals surface area contributed by atoms with Crippen molar-refractivity contribution in [3.05, 3.63) is 82.2 Å². The fourth-order valence-corrected chi connectivity index (χ4v) is 4.72. The van der Waals surface area contributed by atoms with Crippen LogP contribution in [0.2, 0.25) is 0 Å². The van der Waals surface area contributed by atoms with Gasteiger partial charge in [0.15, 0.2) is 17.3 Å². The third-order valence-corrected chi connectivity index (χ3v) is 6.42. The molecular weight excluding hydrogens is 458 g/mol. The van der Waals surface area contributed by atoms with Gasteiger partial charge in [-0.25, -0.2) is 4.79 Å². The number of allylic oxidation sites excluding steroid dienone is 3. The van der Waals surface area contributed by atoms with Crippen LogP contribution < -0.4 is 14.8 Å². The molecule has 2 aromatic carbocycles. The standard InChI is InChI=1S/C29H33NO6/c1-4-34-15-16-35-29(32)26-19(2)30-22-11-8-12-23(31)28(22)27(26)21-13-14-24(25(17-21)33-3)36-18-20-9-6-5-7-10-20/h5-7,9-10,13-14,17,27,30H,4,8,11-12,15-16,18H2,1-3H3/t27-/m1/s1. The third kappa shape index (κ3) is 5.62. The van der Waals surface area contributed by atoms with Gasteiger partial charge in [-0.05, 0) is 49.9 Å². The topological polar surface area (TPSA) is 83.1 Å². The third-order valence-electron chi connectivity index (χ3n) is 6.42. The van der Waals surface area contributed by atoms with Crippen molar-refractivity contribution in [2.24, 2.45) is 0 Å². The number of nitrogens with one attached hydrogen (secondary N) is 1. The molecule has 190 valence electrons. The minimum Gasteiger partial charge on any atom is -0.493 e. The van der Waals surface area contributed by atoms with Crippen molar-refractivity contribution in [2.75, 3.05) is 26.9 Å². The van der Waals surface area contributed by atoms with E-state index in [2.05, 4.69) is 5.32 Å². The minimum absolute atomic E-state index is 0.0456. The van der Waals surface area contributed by atoms with Gasteiger partial charge in [-0.15, -0.1) is 0 Å². The summed E-state index contributed by atoms with van der Waals surface area (Å²) in [5.41, 5.74) is 4.45. The Morgan fingerprint density at radius 1 is 1.06 bits per heavy atom. The van der Waals surface area contributed by atoms with Gasteiger partial charge in [0.25, 0.3) is 0 Å². The van der Waals surface area contributed by atoms with Crippen molar-refractivity contribution < 1.29 is 28.5 Å². The molecule has 0 saturated heterocycles. The van der Waals surface area contributed by atoms with Gasteiger partial charge in [-0.1, -0.05) is 36.4 Å². The summed E-state index contributed by atoms with van der Waals surface area (Å²) in [6.45, 7) is 5.15. The van der Waals surface area contributed by atoms with Gasteiger partial charge in [0.2, 0.25) is 0 Å². The first-order valence-electron chi connectivity index (χ1n) is 12.4. The van der Waals surface area contributed by atoms with Crippen LogP contribution in [0.3, 0.4) is 0 Å². The lowest BCUT2D eigenvalue weighted by atomic mass is 9.75. The first kappa shape index (κ1) is 25.5. The van der Waals surface area contributed by atoms with Crippen molar-refractivity contribution in [1.82, 2.24) is 5.32 Å². The van der Waals surface area contributed by atoms with Crippen LogP contribution in [0.5, 0.6) is 11.5 Å². The van der Waals surface area contributed by atoms with Gasteiger partial charge < -0.3 is 24.3 Å². The van der Waals surface area contributed by atoms with Crippen molar-refractivity contribution >= 4 is 11.8 Å². The lowest BCUT2D eigenvalue weighted by Gasteiger charge is -2.34. The number of esters is 1. The molecule has 1 atom stereocenters. The number of benzene rings is 2. The summed E-state index contributed by atoms with van der Waals surface area (Å²) in [6, 6.07) is 15.5. The van der Waals surface area contributed by atoms with E-state index in [1.165, 1.54) is 0 Å². The van der Waals surface area contributed by atoms with E-state index < -0.39 is 11.9 Å². The van der Waals surface area contributed by atoms with Gasteiger partial charge >= 0.3 is 5.97 Å². The normalized spacial score (nSPS) is 17.4. The second-order valence-electron chi connectivity index (χ2n) is 8.78. The summed E-state index contributed by atoms with van der Waals surface area (Å²) in [6.07, 6.45) is 2.00. The number of Topliss-reactive ketones (excluding diaryl/α,β-unsaturated/α-hetero) is 1. The summed E-state index contributed by atoms with van der Waals surface area (Å²) in [4.78, 5) is 26.4. The fourth-order valence-electron chi connectivity index (χ4n) is 4.72. The van der Waals surface area contributed by atoms with Crippen LogP contribution in [0, 0.1) is 0 Å². The van der Waals surface area contributed by atoms with E-state index in [0.29, 0.717) is 54.6 Å². The molecule has 1 aliphatic carbocycles. The Morgan fingerprint density at radius 2 is 1.86 bits per heavy atom. The number of dihydropyridines is 1. The molecule has 36 heavy (non-hydrogen) atoms. The predicted octanol–water partition coefficient (Wildman–Crippen LogP) is 4.82. The number of methoxy groups -OCH3 is 1. The molecule has 7 heteroatoms. The Bertz CT molecular complexity index is 1170. The Labute approximate surface area is 212 Å². The van der Waals surface area contributed by atoms with Gasteiger partial charge in [0, 0.05) is 35.9 Å². The number of ether oxygens (including phenoxy) is 4. The Kier molecular flexibility index (Phi) is 8.44. The van der Waals surface area contributed by atoms with Crippen LogP contribution in [0.15, 0.2) is 71.1 Å². The molecule has 4 rings (SSSR count). The lowest BCUT2D eigenvalue weighted by molar-refractivity contribution is -0.140. The highest BCUT2D eigenvalue weighted by Gasteiger charge is 2.39. The number of ketones is 1. The molecule has 1 aliphatic heterocycles. The zero-order chi connectivity index (χ0) is 25.5. The maximum Gasteiger partial charge on any atom is 0.336 e. The van der Waals surface area contributed by atoms with Gasteiger partial charge in [0.1, 0.15) is 13.2 Å². The highest BCUT2D eigenvalue weighted by atomic mass is 16.6. The number of hydrogen-bond acceptors (Lipinski definition) is 7. The van der Waals surface area contributed by atoms with Crippen LogP contribution in [0.4, 0.5) is 0 Å². The minimum atomic E-state index is -0.550. The van der Waals surface area contributed by atoms with E-state index >= 15 is 0 Å². The molecule has 2 aromatic rings. The number of rotatable bonds is 10. The van der Waals surface area contributed by atoms with E-state index in [1.807, 2.05) is 62.4 Å². The SMILES string of the molecule is CCOCCOC(=O)C1=C(C)NC2=C(C(=O)CCC2)[C@@H]1c1ccc(OCc2ccccc2)c(OC)c1. The van der Waals surface area contributed by atoms with Crippen LogP contribution in [0.1, 0.15) is 50.2 Å². The number of carbonyl (C=O) groups excluding carboxylic acids is 2. The van der Waals surface area contributed by atoms with Crippen molar-refractivity contribution in [2.45, 2.75) is 45.6 Å². The van der Waals surface area contributed by atoms with Gasteiger partial charge in [-0.3, -0.25) is 4.79 Å². The first-order chi connectivity index (χ1) is 17.5. The number of hydrogen-bond donors (Lipinski definition) is 1. The molecule has 0 bridgehead atoms. The molecule has 0 amide bonds. The molecule has 0 unspecified atom stereocenters. The predicted molar refractivity (Wildman–Crippen MR) is 136 cm³/mol. The van der Waals surface area contributed by atoms with Crippen molar-refractivity contribution in [1.29, 1.82) is 0 Å². The molecule has 0 saturated carbocycles. The molecule has 0 fully saturated rings. The van der Waals surface area contributed by atoms with E-state index in [-0.39, 0.29) is 12.4 Å². The summed E-state index contributed by atoms with van der Waals surface area (Å²) in [5, 5.41) is 3.31. The van der Waals surface area contributed by atoms with Crippen LogP contribution in [0.25, 0.3) is 0 Å². The first-order valence-corrected chi connectivity index (χ1v) is 12.4. The second-order valence-corrected chi connectivity index (χ2v) is 8.78. The average molecular weight is 492 g/mol. The Hall–Kier alpha value is -3.58. The van der Waals surface area contributed by atoms with Gasteiger partial charge in [-0.2, -0.15) is 0 Å². The van der Waals surface area contributed by atoms with Gasteiger partial charge in [0.05, 0.1) is 19.3 Å². The average Bonchev–Trinajstić information content (AvgIpc) is 2.89. The van der Waals surface area contributed by atoms with Crippen LogP contribution in [-0.2, 0) is 25.7 Å². The van der Waals surface area contributed by atoms with E-state index in [1.54, 1.807) is 7.11 Å². The zero-order valence-electron chi connectivity index (χ0n) is 21.1. The van der Waals surface area contributed by atoms with Crippen LogP contribution >= 0.6 is 0 Å². The molecule has 0 spiro atoms. The summed E-state index contributed by atoms with van der Waals surface area (Å²) in [7, 11) is 1.58. The molecule has 1 N–H and O–H groups in total.